The molecule has 2 aromatic rings. The Balaban J connectivity index is 1.32. The van der Waals surface area contributed by atoms with Crippen molar-refractivity contribution < 1.29 is 18.7 Å². The molecule has 1 aliphatic heterocycles. The van der Waals surface area contributed by atoms with Gasteiger partial charge in [-0.15, -0.1) is 10.2 Å². The van der Waals surface area contributed by atoms with E-state index >= 15 is 0 Å². The Labute approximate surface area is 218 Å². The largest absolute Gasteiger partial charge is 0.496 e. The van der Waals surface area contributed by atoms with Crippen molar-refractivity contribution in [2.24, 2.45) is 5.11 Å². The van der Waals surface area contributed by atoms with Crippen LogP contribution in [0.3, 0.4) is 0 Å². The standard InChI is InChI=1S/C23H28ClN7O4S/c1-16-20(34-12-2-3-21(32)26-10-13-33-14-11-27-31-25)9-8-19(28-16)15-36-23-30-29-22(35-23)17-4-6-18(24)7-5-17/h4-9,16,28H,2-3,10-15H2,1H3,(H,26,32). The molecule has 0 aliphatic carbocycles. The lowest BCUT2D eigenvalue weighted by atomic mass is 10.2. The van der Waals surface area contributed by atoms with Crippen LogP contribution in [0.2, 0.25) is 5.02 Å². The fourth-order valence-electron chi connectivity index (χ4n) is 3.13. The predicted molar refractivity (Wildman–Crippen MR) is 137 cm³/mol. The molecule has 1 aromatic carbocycles. The summed E-state index contributed by atoms with van der Waals surface area (Å²) in [6.45, 7) is 3.88. The molecule has 192 valence electrons. The van der Waals surface area contributed by atoms with E-state index in [0.717, 1.165) is 17.0 Å². The number of azide groups is 1. The Morgan fingerprint density at radius 1 is 1.28 bits per heavy atom. The van der Waals surface area contributed by atoms with Crippen LogP contribution in [0.15, 0.2) is 62.6 Å². The summed E-state index contributed by atoms with van der Waals surface area (Å²) < 4.78 is 16.8. The number of dihydropyridines is 1. The van der Waals surface area contributed by atoms with Crippen LogP contribution >= 0.6 is 23.4 Å². The molecule has 0 saturated carbocycles. The number of hydrogen-bond acceptors (Lipinski definition) is 9. The highest BCUT2D eigenvalue weighted by molar-refractivity contribution is 7.99. The molecule has 2 N–H and O–H groups in total. The van der Waals surface area contributed by atoms with Crippen molar-refractivity contribution in [2.45, 2.75) is 31.0 Å². The number of carbonyl (C=O) groups is 1. The number of amides is 1. The molecule has 2 heterocycles. The van der Waals surface area contributed by atoms with E-state index in [1.807, 2.05) is 31.2 Å². The number of rotatable bonds is 15. The van der Waals surface area contributed by atoms with E-state index in [1.54, 1.807) is 12.1 Å². The molecule has 1 unspecified atom stereocenters. The maximum absolute atomic E-state index is 11.9. The zero-order valence-electron chi connectivity index (χ0n) is 19.9. The van der Waals surface area contributed by atoms with E-state index in [9.17, 15) is 4.79 Å². The molecular weight excluding hydrogens is 506 g/mol. The summed E-state index contributed by atoms with van der Waals surface area (Å²) in [6.07, 6.45) is 4.88. The first kappa shape index (κ1) is 27.4. The monoisotopic (exact) mass is 533 g/mol. The molecule has 0 saturated heterocycles. The van der Waals surface area contributed by atoms with Crippen LogP contribution < -0.4 is 10.6 Å². The van der Waals surface area contributed by atoms with Crippen molar-refractivity contribution >= 4 is 29.3 Å². The summed E-state index contributed by atoms with van der Waals surface area (Å²) in [4.78, 5) is 14.5. The van der Waals surface area contributed by atoms with E-state index in [-0.39, 0.29) is 18.5 Å². The Bertz CT molecular complexity index is 1100. The van der Waals surface area contributed by atoms with E-state index in [0.29, 0.717) is 61.1 Å². The number of thioether (sulfide) groups is 1. The third-order valence-corrected chi connectivity index (χ3v) is 6.03. The van der Waals surface area contributed by atoms with Gasteiger partial charge in [-0.25, -0.2) is 0 Å². The van der Waals surface area contributed by atoms with Crippen LogP contribution in [0.4, 0.5) is 0 Å². The normalized spacial score (nSPS) is 14.8. The van der Waals surface area contributed by atoms with Gasteiger partial charge >= 0.3 is 0 Å². The zero-order valence-corrected chi connectivity index (χ0v) is 21.4. The lowest BCUT2D eigenvalue weighted by molar-refractivity contribution is -0.121. The molecule has 0 fully saturated rings. The summed E-state index contributed by atoms with van der Waals surface area (Å²) >= 11 is 7.37. The number of nitrogens with zero attached hydrogens (tertiary/aromatic N) is 5. The van der Waals surface area contributed by atoms with Gasteiger partial charge < -0.3 is 24.5 Å². The van der Waals surface area contributed by atoms with Crippen LogP contribution in [0, 0.1) is 0 Å². The van der Waals surface area contributed by atoms with Gasteiger partial charge in [0.15, 0.2) is 0 Å². The third-order valence-electron chi connectivity index (χ3n) is 4.91. The molecular formula is C23H28ClN7O4S. The zero-order chi connectivity index (χ0) is 25.6. The number of hydrogen-bond donors (Lipinski definition) is 2. The quantitative estimate of drug-likeness (QED) is 0.112. The Kier molecular flexibility index (Phi) is 11.5. The molecule has 1 amide bonds. The van der Waals surface area contributed by atoms with Crippen LogP contribution in [-0.4, -0.2) is 60.8 Å². The van der Waals surface area contributed by atoms with Crippen LogP contribution in [0.1, 0.15) is 19.8 Å². The topological polar surface area (TPSA) is 147 Å². The number of benzene rings is 1. The first-order valence-corrected chi connectivity index (χ1v) is 12.8. The molecule has 1 atom stereocenters. The molecule has 0 radical (unpaired) electrons. The van der Waals surface area contributed by atoms with Gasteiger partial charge in [0.1, 0.15) is 5.76 Å². The fourth-order valence-corrected chi connectivity index (χ4v) is 3.95. The Hall–Kier alpha value is -3.18. The lowest BCUT2D eigenvalue weighted by Crippen LogP contribution is -2.32. The maximum atomic E-state index is 11.9. The lowest BCUT2D eigenvalue weighted by Gasteiger charge is -2.24. The minimum atomic E-state index is -0.0551. The van der Waals surface area contributed by atoms with Crippen LogP contribution in [-0.2, 0) is 14.3 Å². The predicted octanol–water partition coefficient (Wildman–Crippen LogP) is 4.48. The highest BCUT2D eigenvalue weighted by atomic mass is 35.5. The highest BCUT2D eigenvalue weighted by Gasteiger charge is 2.17. The van der Waals surface area contributed by atoms with Crippen molar-refractivity contribution in [3.8, 4) is 11.5 Å². The summed E-state index contributed by atoms with van der Waals surface area (Å²) in [7, 11) is 0. The summed E-state index contributed by atoms with van der Waals surface area (Å²) in [6, 6.07) is 7.24. The molecule has 36 heavy (non-hydrogen) atoms. The van der Waals surface area contributed by atoms with Gasteiger partial charge in [-0.05, 0) is 55.3 Å². The second kappa shape index (κ2) is 15.0. The van der Waals surface area contributed by atoms with Crippen LogP contribution in [0.25, 0.3) is 21.9 Å². The van der Waals surface area contributed by atoms with Crippen molar-refractivity contribution in [2.75, 3.05) is 38.7 Å². The Morgan fingerprint density at radius 2 is 2.11 bits per heavy atom. The molecule has 11 nitrogen and oxygen atoms in total. The van der Waals surface area contributed by atoms with Gasteiger partial charge in [-0.3, -0.25) is 4.79 Å². The minimum absolute atomic E-state index is 0.00857. The third kappa shape index (κ3) is 9.46. The molecule has 1 aliphatic rings. The average molecular weight is 534 g/mol. The first-order chi connectivity index (χ1) is 17.5. The maximum Gasteiger partial charge on any atom is 0.277 e. The molecule has 0 bridgehead atoms. The second-order valence-electron chi connectivity index (χ2n) is 7.66. The number of aromatic nitrogens is 2. The van der Waals surface area contributed by atoms with Crippen molar-refractivity contribution in [1.29, 1.82) is 0 Å². The molecule has 0 spiro atoms. The summed E-state index contributed by atoms with van der Waals surface area (Å²) in [5, 5.41) is 18.9. The van der Waals surface area contributed by atoms with E-state index in [2.05, 4.69) is 30.9 Å². The number of ether oxygens (including phenoxy) is 2. The van der Waals surface area contributed by atoms with Gasteiger partial charge in [0.05, 0.1) is 25.9 Å². The van der Waals surface area contributed by atoms with Crippen LogP contribution in [0.5, 0.6) is 0 Å². The van der Waals surface area contributed by atoms with Gasteiger partial charge in [0.25, 0.3) is 5.22 Å². The molecule has 3 rings (SSSR count). The minimum Gasteiger partial charge on any atom is -0.496 e. The number of allylic oxidation sites excluding steroid dienone is 2. The number of nitrogens with one attached hydrogen (secondary N) is 2. The average Bonchev–Trinajstić information content (AvgIpc) is 3.35. The van der Waals surface area contributed by atoms with Gasteiger partial charge in [0.2, 0.25) is 11.8 Å². The number of carbonyl (C=O) groups excluding carboxylic acids is 1. The smallest absolute Gasteiger partial charge is 0.277 e. The van der Waals surface area contributed by atoms with E-state index in [1.165, 1.54) is 11.8 Å². The summed E-state index contributed by atoms with van der Waals surface area (Å²) in [5.41, 5.74) is 10.0. The first-order valence-electron chi connectivity index (χ1n) is 11.4. The van der Waals surface area contributed by atoms with Gasteiger partial charge in [-0.1, -0.05) is 28.5 Å². The van der Waals surface area contributed by atoms with Gasteiger partial charge in [-0.2, -0.15) is 0 Å². The molecule has 13 heteroatoms. The fraction of sp³-hybridized carbons (Fsp3) is 0.435. The van der Waals surface area contributed by atoms with Gasteiger partial charge in [0, 0.05) is 46.5 Å². The Morgan fingerprint density at radius 3 is 2.89 bits per heavy atom. The van der Waals surface area contributed by atoms with Crippen molar-refractivity contribution in [3.05, 3.63) is 63.3 Å². The van der Waals surface area contributed by atoms with E-state index in [4.69, 9.17) is 31.0 Å². The van der Waals surface area contributed by atoms with Crippen molar-refractivity contribution in [3.63, 3.8) is 0 Å². The molecule has 1 aromatic heterocycles. The van der Waals surface area contributed by atoms with E-state index < -0.39 is 0 Å². The SMILES string of the molecule is CC1NC(CSc2nnc(-c3ccc(Cl)cc3)o2)=CC=C1OCCCC(=O)NCCOCCN=[N+]=[N-]. The number of halogens is 1. The highest BCUT2D eigenvalue weighted by Crippen LogP contribution is 2.26. The van der Waals surface area contributed by atoms with Crippen molar-refractivity contribution in [1.82, 2.24) is 20.8 Å². The summed E-state index contributed by atoms with van der Waals surface area (Å²) in [5.74, 6) is 1.86. The second-order valence-corrected chi connectivity index (χ2v) is 9.03.